The number of nitrogens with zero attached hydrogens (tertiary/aromatic N) is 2. The summed E-state index contributed by atoms with van der Waals surface area (Å²) in [5.41, 5.74) is 0.762. The molecular formula is C16H18N2O5S. The van der Waals surface area contributed by atoms with Gasteiger partial charge in [-0.05, 0) is 6.42 Å². The van der Waals surface area contributed by atoms with Crippen LogP contribution in [0.5, 0.6) is 11.5 Å². The second-order valence-corrected chi connectivity index (χ2v) is 6.28. The molecule has 0 atom stereocenters. The van der Waals surface area contributed by atoms with Gasteiger partial charge in [0, 0.05) is 18.6 Å². The molecule has 0 saturated heterocycles. The fraction of sp³-hybridized carbons (Fsp3) is 0.438. The first-order valence-corrected chi connectivity index (χ1v) is 8.51. The lowest BCUT2D eigenvalue weighted by atomic mass is 10.2. The molecule has 0 radical (unpaired) electrons. The number of esters is 1. The minimum absolute atomic E-state index is 0.0195. The Morgan fingerprint density at radius 1 is 1.29 bits per heavy atom. The van der Waals surface area contributed by atoms with E-state index in [4.69, 9.17) is 14.2 Å². The highest BCUT2D eigenvalue weighted by Crippen LogP contribution is 2.35. The number of amides is 1. The van der Waals surface area contributed by atoms with Crippen molar-refractivity contribution in [3.63, 3.8) is 0 Å². The van der Waals surface area contributed by atoms with Crippen molar-refractivity contribution in [2.75, 3.05) is 20.3 Å². The van der Waals surface area contributed by atoms with Crippen LogP contribution in [0.2, 0.25) is 0 Å². The van der Waals surface area contributed by atoms with Crippen molar-refractivity contribution in [3.8, 4) is 11.5 Å². The summed E-state index contributed by atoms with van der Waals surface area (Å²) in [6.45, 7) is 2.88. The number of hydrogen-bond donors (Lipinski definition) is 0. The van der Waals surface area contributed by atoms with Gasteiger partial charge < -0.3 is 18.8 Å². The largest absolute Gasteiger partial charge is 0.486 e. The van der Waals surface area contributed by atoms with E-state index in [2.05, 4.69) is 4.99 Å². The van der Waals surface area contributed by atoms with E-state index < -0.39 is 5.97 Å². The zero-order valence-corrected chi connectivity index (χ0v) is 14.4. The molecule has 0 saturated carbocycles. The lowest BCUT2D eigenvalue weighted by Crippen LogP contribution is -2.22. The third-order valence-electron chi connectivity index (χ3n) is 3.55. The molecule has 0 fully saturated rings. The van der Waals surface area contributed by atoms with E-state index in [-0.39, 0.29) is 12.5 Å². The van der Waals surface area contributed by atoms with Crippen LogP contribution in [0.15, 0.2) is 17.1 Å². The van der Waals surface area contributed by atoms with Gasteiger partial charge in [-0.1, -0.05) is 18.3 Å². The SMILES string of the molecule is CCCC(=O)N=c1sc2cc3c(cc2n1CC(=O)OC)OCCO3. The van der Waals surface area contributed by atoms with Gasteiger partial charge in [0.05, 0.1) is 17.3 Å². The monoisotopic (exact) mass is 350 g/mol. The third-order valence-corrected chi connectivity index (χ3v) is 4.59. The Kier molecular flexibility index (Phi) is 4.84. The van der Waals surface area contributed by atoms with Crippen LogP contribution in [-0.4, -0.2) is 36.8 Å². The van der Waals surface area contributed by atoms with Crippen LogP contribution in [0.25, 0.3) is 10.2 Å². The van der Waals surface area contributed by atoms with Gasteiger partial charge in [0.2, 0.25) is 5.91 Å². The van der Waals surface area contributed by atoms with E-state index in [1.165, 1.54) is 18.4 Å². The van der Waals surface area contributed by atoms with E-state index in [9.17, 15) is 9.59 Å². The Morgan fingerprint density at radius 2 is 2.00 bits per heavy atom. The molecule has 1 aromatic heterocycles. The number of hydrogen-bond acceptors (Lipinski definition) is 6. The van der Waals surface area contributed by atoms with Crippen molar-refractivity contribution in [3.05, 3.63) is 16.9 Å². The van der Waals surface area contributed by atoms with Gasteiger partial charge in [-0.25, -0.2) is 0 Å². The summed E-state index contributed by atoms with van der Waals surface area (Å²) in [7, 11) is 1.33. The summed E-state index contributed by atoms with van der Waals surface area (Å²) in [5, 5.41) is 0. The lowest BCUT2D eigenvalue weighted by molar-refractivity contribution is -0.141. The molecule has 0 N–H and O–H groups in total. The molecule has 2 heterocycles. The molecule has 0 unspecified atom stereocenters. The molecule has 3 rings (SSSR count). The quantitative estimate of drug-likeness (QED) is 0.787. The average Bonchev–Trinajstić information content (AvgIpc) is 2.89. The number of methoxy groups -OCH3 is 1. The third kappa shape index (κ3) is 3.28. The maximum Gasteiger partial charge on any atom is 0.325 e. The first-order chi connectivity index (χ1) is 11.6. The highest BCUT2D eigenvalue weighted by Gasteiger charge is 2.18. The molecule has 0 bridgehead atoms. The number of carbonyl (C=O) groups is 2. The van der Waals surface area contributed by atoms with Gasteiger partial charge in [0.1, 0.15) is 19.8 Å². The van der Waals surface area contributed by atoms with Crippen LogP contribution in [0.1, 0.15) is 19.8 Å². The zero-order chi connectivity index (χ0) is 17.1. The second-order valence-electron chi connectivity index (χ2n) is 5.27. The second kappa shape index (κ2) is 7.04. The Bertz CT molecular complexity index is 852. The predicted octanol–water partition coefficient (Wildman–Crippen LogP) is 1.87. The van der Waals surface area contributed by atoms with Crippen molar-refractivity contribution in [2.45, 2.75) is 26.3 Å². The zero-order valence-electron chi connectivity index (χ0n) is 13.5. The smallest absolute Gasteiger partial charge is 0.325 e. The molecule has 0 spiro atoms. The summed E-state index contributed by atoms with van der Waals surface area (Å²) in [4.78, 5) is 28.3. The molecule has 1 aliphatic rings. The number of carbonyl (C=O) groups excluding carboxylic acids is 2. The van der Waals surface area contributed by atoms with Crippen LogP contribution in [0, 0.1) is 0 Å². The number of ether oxygens (including phenoxy) is 3. The average molecular weight is 350 g/mol. The Labute approximate surface area is 142 Å². The van der Waals surface area contributed by atoms with Gasteiger partial charge in [-0.3, -0.25) is 9.59 Å². The maximum absolute atomic E-state index is 11.9. The standard InChI is InChI=1S/C16H18N2O5S/c1-3-4-14(19)17-16-18(9-15(20)21-2)10-7-11-12(8-13(10)24-16)23-6-5-22-11/h7-8H,3-6,9H2,1-2H3. The maximum atomic E-state index is 11.9. The topological polar surface area (TPSA) is 79.1 Å². The van der Waals surface area contributed by atoms with Gasteiger partial charge in [0.25, 0.3) is 0 Å². The fourth-order valence-electron chi connectivity index (χ4n) is 2.41. The Morgan fingerprint density at radius 3 is 2.67 bits per heavy atom. The Hall–Kier alpha value is -2.35. The molecule has 0 aliphatic carbocycles. The first kappa shape index (κ1) is 16.5. The first-order valence-electron chi connectivity index (χ1n) is 7.69. The van der Waals surface area contributed by atoms with Gasteiger partial charge in [-0.15, -0.1) is 0 Å². The number of benzene rings is 1. The van der Waals surface area contributed by atoms with Crippen LogP contribution < -0.4 is 14.3 Å². The van der Waals surface area contributed by atoms with Crippen LogP contribution in [0.4, 0.5) is 0 Å². The molecule has 1 aromatic carbocycles. The normalized spacial score (nSPS) is 14.0. The van der Waals surface area contributed by atoms with Crippen LogP contribution >= 0.6 is 11.3 Å². The van der Waals surface area contributed by atoms with Gasteiger partial charge in [-0.2, -0.15) is 4.99 Å². The van der Waals surface area contributed by atoms with E-state index in [0.717, 1.165) is 16.6 Å². The van der Waals surface area contributed by atoms with Crippen LogP contribution in [0.3, 0.4) is 0 Å². The van der Waals surface area contributed by atoms with Crippen LogP contribution in [-0.2, 0) is 20.9 Å². The van der Waals surface area contributed by atoms with E-state index in [0.29, 0.717) is 35.9 Å². The van der Waals surface area contributed by atoms with Crippen molar-refractivity contribution in [1.82, 2.24) is 4.57 Å². The van der Waals surface area contributed by atoms with Gasteiger partial charge >= 0.3 is 5.97 Å². The van der Waals surface area contributed by atoms with Crippen molar-refractivity contribution in [1.29, 1.82) is 0 Å². The molecule has 2 aromatic rings. The molecule has 7 nitrogen and oxygen atoms in total. The number of aromatic nitrogens is 1. The molecule has 24 heavy (non-hydrogen) atoms. The number of thiazole rings is 1. The lowest BCUT2D eigenvalue weighted by Gasteiger charge is -2.18. The molecule has 128 valence electrons. The van der Waals surface area contributed by atoms with Crippen molar-refractivity contribution < 1.29 is 23.8 Å². The predicted molar refractivity (Wildman–Crippen MR) is 88.3 cm³/mol. The fourth-order valence-corrected chi connectivity index (χ4v) is 3.47. The molecule has 1 aliphatic heterocycles. The summed E-state index contributed by atoms with van der Waals surface area (Å²) < 4.78 is 18.5. The number of rotatable bonds is 4. The minimum atomic E-state index is -0.408. The highest BCUT2D eigenvalue weighted by molar-refractivity contribution is 7.16. The molecule has 8 heteroatoms. The molecule has 1 amide bonds. The van der Waals surface area contributed by atoms with Gasteiger partial charge in [0.15, 0.2) is 16.3 Å². The van der Waals surface area contributed by atoms with Crippen molar-refractivity contribution in [2.24, 2.45) is 4.99 Å². The summed E-state index contributed by atoms with van der Waals surface area (Å²) in [6.07, 6.45) is 1.09. The summed E-state index contributed by atoms with van der Waals surface area (Å²) >= 11 is 1.34. The Balaban J connectivity index is 2.16. The highest BCUT2D eigenvalue weighted by atomic mass is 32.1. The summed E-state index contributed by atoms with van der Waals surface area (Å²) in [6, 6.07) is 3.66. The molecular weight excluding hydrogens is 332 g/mol. The number of fused-ring (bicyclic) bond motifs is 2. The van der Waals surface area contributed by atoms with E-state index in [1.807, 2.05) is 19.1 Å². The van der Waals surface area contributed by atoms with Crippen molar-refractivity contribution >= 4 is 33.4 Å². The summed E-state index contributed by atoms with van der Waals surface area (Å²) in [5.74, 6) is 0.664. The van der Waals surface area contributed by atoms with E-state index in [1.54, 1.807) is 4.57 Å². The minimum Gasteiger partial charge on any atom is -0.486 e. The van der Waals surface area contributed by atoms with E-state index >= 15 is 0 Å².